The SMILES string of the molecule is C=CCN(CC(=O)N(Cc1ccc(F)cc1)Cc1coc2ccccc2c1=O)C(=O)c1ccc2c(c1)OCO2. The third-order valence-electron chi connectivity index (χ3n) is 6.33. The molecule has 2 amide bonds. The van der Waals surface area contributed by atoms with Crippen molar-refractivity contribution in [1.82, 2.24) is 9.80 Å². The molecule has 0 atom stereocenters. The molecule has 0 unspecified atom stereocenters. The first-order valence-corrected chi connectivity index (χ1v) is 12.2. The van der Waals surface area contributed by atoms with E-state index in [9.17, 15) is 18.8 Å². The van der Waals surface area contributed by atoms with Crippen molar-refractivity contribution in [1.29, 1.82) is 0 Å². The molecular weight excluding hydrogens is 503 g/mol. The Morgan fingerprint density at radius 3 is 2.51 bits per heavy atom. The smallest absolute Gasteiger partial charge is 0.254 e. The molecule has 3 aromatic carbocycles. The lowest BCUT2D eigenvalue weighted by Gasteiger charge is -2.27. The molecule has 0 aliphatic carbocycles. The highest BCUT2D eigenvalue weighted by Crippen LogP contribution is 2.32. The van der Waals surface area contributed by atoms with Gasteiger partial charge < -0.3 is 23.7 Å². The summed E-state index contributed by atoms with van der Waals surface area (Å²) in [6.07, 6.45) is 2.87. The molecule has 1 aliphatic heterocycles. The zero-order valence-corrected chi connectivity index (χ0v) is 21.0. The Labute approximate surface area is 223 Å². The number of amides is 2. The van der Waals surface area contributed by atoms with Crippen LogP contribution in [0.5, 0.6) is 11.5 Å². The van der Waals surface area contributed by atoms with Crippen LogP contribution in [-0.2, 0) is 17.9 Å². The number of carbonyl (C=O) groups is 2. The molecule has 0 radical (unpaired) electrons. The van der Waals surface area contributed by atoms with Crippen molar-refractivity contribution in [2.45, 2.75) is 13.1 Å². The van der Waals surface area contributed by atoms with E-state index in [1.54, 1.807) is 54.6 Å². The number of halogens is 1. The van der Waals surface area contributed by atoms with E-state index in [-0.39, 0.29) is 44.0 Å². The number of benzene rings is 3. The second kappa shape index (κ2) is 11.2. The molecule has 1 aliphatic rings. The molecule has 198 valence electrons. The molecule has 0 saturated carbocycles. The lowest BCUT2D eigenvalue weighted by Crippen LogP contribution is -2.43. The maximum atomic E-state index is 13.6. The van der Waals surface area contributed by atoms with Gasteiger partial charge in [0, 0.05) is 18.7 Å². The fourth-order valence-corrected chi connectivity index (χ4v) is 4.33. The highest BCUT2D eigenvalue weighted by molar-refractivity contribution is 5.97. The molecule has 0 fully saturated rings. The van der Waals surface area contributed by atoms with Gasteiger partial charge in [-0.15, -0.1) is 6.58 Å². The summed E-state index contributed by atoms with van der Waals surface area (Å²) in [6, 6.07) is 17.4. The van der Waals surface area contributed by atoms with Crippen molar-refractivity contribution >= 4 is 22.8 Å². The summed E-state index contributed by atoms with van der Waals surface area (Å²) in [7, 11) is 0. The van der Waals surface area contributed by atoms with Crippen molar-refractivity contribution in [3.05, 3.63) is 118 Å². The first kappa shape index (κ1) is 25.7. The Hall–Kier alpha value is -4.92. The molecule has 39 heavy (non-hydrogen) atoms. The Kier molecular flexibility index (Phi) is 7.40. The predicted octanol–water partition coefficient (Wildman–Crippen LogP) is 4.52. The van der Waals surface area contributed by atoms with Crippen LogP contribution in [-0.4, -0.2) is 41.5 Å². The quantitative estimate of drug-likeness (QED) is 0.297. The second-order valence-corrected chi connectivity index (χ2v) is 9.00. The number of nitrogens with zero attached hydrogens (tertiary/aromatic N) is 2. The van der Waals surface area contributed by atoms with E-state index in [4.69, 9.17) is 13.9 Å². The molecule has 2 heterocycles. The fraction of sp³-hybridized carbons (Fsp3) is 0.167. The largest absolute Gasteiger partial charge is 0.464 e. The van der Waals surface area contributed by atoms with E-state index in [2.05, 4.69) is 6.58 Å². The van der Waals surface area contributed by atoms with Gasteiger partial charge in [0.25, 0.3) is 5.91 Å². The predicted molar refractivity (Wildman–Crippen MR) is 142 cm³/mol. The molecule has 9 heteroatoms. The fourth-order valence-electron chi connectivity index (χ4n) is 4.33. The number of ether oxygens (including phenoxy) is 2. The maximum Gasteiger partial charge on any atom is 0.254 e. The van der Waals surface area contributed by atoms with E-state index in [0.29, 0.717) is 33.6 Å². The third-order valence-corrected chi connectivity index (χ3v) is 6.33. The second-order valence-electron chi connectivity index (χ2n) is 9.00. The Morgan fingerprint density at radius 1 is 0.949 bits per heavy atom. The Balaban J connectivity index is 1.42. The van der Waals surface area contributed by atoms with Gasteiger partial charge in [-0.05, 0) is 48.0 Å². The van der Waals surface area contributed by atoms with Crippen molar-refractivity contribution < 1.29 is 27.9 Å². The monoisotopic (exact) mass is 528 g/mol. The molecular formula is C30H25FN2O6. The Morgan fingerprint density at radius 2 is 1.72 bits per heavy atom. The minimum absolute atomic E-state index is 0.0660. The minimum Gasteiger partial charge on any atom is -0.464 e. The average Bonchev–Trinajstić information content (AvgIpc) is 3.43. The molecule has 0 N–H and O–H groups in total. The van der Waals surface area contributed by atoms with Crippen molar-refractivity contribution in [3.63, 3.8) is 0 Å². The highest BCUT2D eigenvalue weighted by atomic mass is 19.1. The third kappa shape index (κ3) is 5.67. The maximum absolute atomic E-state index is 13.6. The number of rotatable bonds is 9. The van der Waals surface area contributed by atoms with E-state index in [1.807, 2.05) is 0 Å². The van der Waals surface area contributed by atoms with Crippen LogP contribution >= 0.6 is 0 Å². The van der Waals surface area contributed by atoms with Crippen LogP contribution in [0.2, 0.25) is 0 Å². The summed E-state index contributed by atoms with van der Waals surface area (Å²) >= 11 is 0. The van der Waals surface area contributed by atoms with E-state index in [0.717, 1.165) is 0 Å². The van der Waals surface area contributed by atoms with Gasteiger partial charge in [-0.2, -0.15) is 0 Å². The molecule has 0 bridgehead atoms. The normalized spacial score (nSPS) is 11.8. The summed E-state index contributed by atoms with van der Waals surface area (Å²) in [5.41, 5.74) is 1.45. The van der Waals surface area contributed by atoms with E-state index < -0.39 is 17.6 Å². The van der Waals surface area contributed by atoms with Gasteiger partial charge in [-0.3, -0.25) is 14.4 Å². The van der Waals surface area contributed by atoms with Gasteiger partial charge in [0.1, 0.15) is 17.9 Å². The molecule has 8 nitrogen and oxygen atoms in total. The molecule has 1 aromatic heterocycles. The lowest BCUT2D eigenvalue weighted by molar-refractivity contribution is -0.133. The topological polar surface area (TPSA) is 89.3 Å². The zero-order valence-electron chi connectivity index (χ0n) is 21.0. The van der Waals surface area contributed by atoms with Gasteiger partial charge in [0.15, 0.2) is 16.9 Å². The van der Waals surface area contributed by atoms with Crippen LogP contribution < -0.4 is 14.9 Å². The standard InChI is InChI=1S/C30H25FN2O6/c1-2-13-32(30(36)21-9-12-26-27(14-21)39-19-38-26)17-28(34)33(15-20-7-10-23(31)11-8-20)16-22-18-37-25-6-4-3-5-24(25)29(22)35/h2-12,14,18H,1,13,15-17,19H2. The molecule has 5 rings (SSSR count). The summed E-state index contributed by atoms with van der Waals surface area (Å²) in [5, 5.41) is 0.399. The van der Waals surface area contributed by atoms with Crippen LogP contribution in [0.1, 0.15) is 21.5 Å². The van der Waals surface area contributed by atoms with Crippen LogP contribution in [0, 0.1) is 5.82 Å². The van der Waals surface area contributed by atoms with Crippen molar-refractivity contribution in [2.75, 3.05) is 19.9 Å². The van der Waals surface area contributed by atoms with Gasteiger partial charge in [-0.25, -0.2) is 4.39 Å². The summed E-state index contributed by atoms with van der Waals surface area (Å²) in [5.74, 6) is -0.223. The summed E-state index contributed by atoms with van der Waals surface area (Å²) in [6.45, 7) is 3.65. The van der Waals surface area contributed by atoms with Crippen LogP contribution in [0.15, 0.2) is 94.9 Å². The zero-order chi connectivity index (χ0) is 27.4. The number of carbonyl (C=O) groups excluding carboxylic acids is 2. The lowest BCUT2D eigenvalue weighted by atomic mass is 10.1. The van der Waals surface area contributed by atoms with E-state index >= 15 is 0 Å². The molecule has 4 aromatic rings. The van der Waals surface area contributed by atoms with Crippen molar-refractivity contribution in [3.8, 4) is 11.5 Å². The van der Waals surface area contributed by atoms with Crippen LogP contribution in [0.3, 0.4) is 0 Å². The van der Waals surface area contributed by atoms with Crippen LogP contribution in [0.4, 0.5) is 4.39 Å². The molecule has 0 spiro atoms. The van der Waals surface area contributed by atoms with Gasteiger partial charge in [-0.1, -0.05) is 30.3 Å². The van der Waals surface area contributed by atoms with E-state index in [1.165, 1.54) is 34.3 Å². The number of hydrogen-bond acceptors (Lipinski definition) is 6. The molecule has 0 saturated heterocycles. The average molecular weight is 529 g/mol. The van der Waals surface area contributed by atoms with Gasteiger partial charge in [0.2, 0.25) is 12.7 Å². The summed E-state index contributed by atoms with van der Waals surface area (Å²) in [4.78, 5) is 42.9. The summed E-state index contributed by atoms with van der Waals surface area (Å²) < 4.78 is 29.8. The first-order chi connectivity index (χ1) is 18.9. The number of para-hydroxylation sites is 1. The minimum atomic E-state index is -0.414. The highest BCUT2D eigenvalue weighted by Gasteiger charge is 2.25. The van der Waals surface area contributed by atoms with Gasteiger partial charge >= 0.3 is 0 Å². The number of hydrogen-bond donors (Lipinski definition) is 0. The van der Waals surface area contributed by atoms with Crippen molar-refractivity contribution in [2.24, 2.45) is 0 Å². The first-order valence-electron chi connectivity index (χ1n) is 12.2. The number of fused-ring (bicyclic) bond motifs is 2. The van der Waals surface area contributed by atoms with Gasteiger partial charge in [0.05, 0.1) is 23.8 Å². The Bertz CT molecular complexity index is 1600. The van der Waals surface area contributed by atoms with Crippen LogP contribution in [0.25, 0.3) is 11.0 Å².